The van der Waals surface area contributed by atoms with Gasteiger partial charge >= 0.3 is 5.97 Å². The largest absolute Gasteiger partial charge is 0.506 e. The lowest BCUT2D eigenvalue weighted by atomic mass is 9.90. The fourth-order valence-electron chi connectivity index (χ4n) is 6.77. The van der Waals surface area contributed by atoms with Crippen molar-refractivity contribution in [3.8, 4) is 5.75 Å². The monoisotopic (exact) mass is 764 g/mol. The van der Waals surface area contributed by atoms with Crippen LogP contribution < -0.4 is 16.2 Å². The van der Waals surface area contributed by atoms with Gasteiger partial charge in [-0.15, -0.1) is 22.7 Å². The van der Waals surface area contributed by atoms with Crippen molar-refractivity contribution >= 4 is 62.7 Å². The van der Waals surface area contributed by atoms with Gasteiger partial charge in [0.25, 0.3) is 0 Å². The summed E-state index contributed by atoms with van der Waals surface area (Å²) >= 11 is 9.30. The van der Waals surface area contributed by atoms with Crippen LogP contribution in [0.1, 0.15) is 59.1 Å². The maximum absolute atomic E-state index is 12.9. The number of phenols is 1. The molecule has 1 aliphatic rings. The van der Waals surface area contributed by atoms with Crippen molar-refractivity contribution in [2.75, 3.05) is 25.5 Å². The number of thiophene rings is 2. The molecule has 3 aromatic heterocycles. The fraction of sp³-hybridized carbons (Fsp3) is 0.342. The summed E-state index contributed by atoms with van der Waals surface area (Å²) in [5.41, 5.74) is 0.362. The van der Waals surface area contributed by atoms with Crippen LogP contribution in [-0.2, 0) is 26.5 Å². The van der Waals surface area contributed by atoms with E-state index in [4.69, 9.17) is 16.3 Å². The van der Waals surface area contributed by atoms with E-state index in [-0.39, 0.29) is 47.8 Å². The molecule has 1 atom stereocenters. The average molecular weight is 765 g/mol. The van der Waals surface area contributed by atoms with Crippen molar-refractivity contribution in [1.29, 1.82) is 0 Å². The number of carboxylic acids is 1. The number of fused-ring (bicyclic) bond motifs is 1. The molecule has 2 aromatic carbocycles. The number of aliphatic hydroxyl groups is 1. The van der Waals surface area contributed by atoms with Gasteiger partial charge in [-0.05, 0) is 91.0 Å². The van der Waals surface area contributed by atoms with Crippen LogP contribution in [0, 0.1) is 0 Å². The van der Waals surface area contributed by atoms with Gasteiger partial charge in [0.1, 0.15) is 5.75 Å². The Morgan fingerprint density at radius 2 is 1.75 bits per heavy atom. The average Bonchev–Trinajstić information content (AvgIpc) is 3.88. The summed E-state index contributed by atoms with van der Waals surface area (Å²) in [6.45, 7) is 1.18. The summed E-state index contributed by atoms with van der Waals surface area (Å²) in [7, 11) is 2.01. The Labute approximate surface area is 313 Å². The fourth-order valence-corrected chi connectivity index (χ4v) is 8.83. The molecule has 0 bridgehead atoms. The molecule has 1 fully saturated rings. The Morgan fingerprint density at radius 3 is 2.38 bits per heavy atom. The highest BCUT2D eigenvalue weighted by Crippen LogP contribution is 2.42. The van der Waals surface area contributed by atoms with Crippen LogP contribution in [0.25, 0.3) is 10.9 Å². The van der Waals surface area contributed by atoms with Crippen molar-refractivity contribution < 1.29 is 29.6 Å². The molecule has 0 radical (unpaired) electrons. The number of aromatic nitrogens is 1. The van der Waals surface area contributed by atoms with Crippen molar-refractivity contribution in [3.05, 3.63) is 114 Å². The Balaban J connectivity index is 0.952. The third kappa shape index (κ3) is 8.42. The van der Waals surface area contributed by atoms with Crippen LogP contribution in [0.5, 0.6) is 5.75 Å². The van der Waals surface area contributed by atoms with E-state index in [2.05, 4.69) is 20.5 Å². The maximum Gasteiger partial charge on any atom is 0.347 e. The first-order valence-corrected chi connectivity index (χ1v) is 19.2. The van der Waals surface area contributed by atoms with E-state index in [0.29, 0.717) is 44.5 Å². The van der Waals surface area contributed by atoms with E-state index in [0.717, 1.165) is 31.2 Å². The second-order valence-electron chi connectivity index (χ2n) is 13.0. The van der Waals surface area contributed by atoms with Gasteiger partial charge in [0.05, 0.1) is 38.2 Å². The molecule has 0 spiro atoms. The van der Waals surface area contributed by atoms with E-state index in [9.17, 15) is 29.7 Å². The molecule has 1 aliphatic carbocycles. The SMILES string of the molecule is CN(CCC(=O)Nc1ccc(CNC[C@H](O)c2ccc(O)c3[nH]c(=O)ccc23)cc1Cl)[C@H]1CC[C@H](OC(C(=O)O)(c2cccs2)c2cccs2)CC1. The molecule has 1 saturated carbocycles. The summed E-state index contributed by atoms with van der Waals surface area (Å²) in [6, 6.07) is 19.0. The Kier molecular flexibility index (Phi) is 12.1. The molecule has 0 aliphatic heterocycles. The summed E-state index contributed by atoms with van der Waals surface area (Å²) in [4.78, 5) is 43.5. The number of carbonyl (C=O) groups excluding carboxylic acids is 1. The van der Waals surface area contributed by atoms with Crippen molar-refractivity contribution in [1.82, 2.24) is 15.2 Å². The molecular weight excluding hydrogens is 724 g/mol. The van der Waals surface area contributed by atoms with E-state index < -0.39 is 17.7 Å². The number of phenolic OH excluding ortho intramolecular Hbond substituents is 1. The number of ether oxygens (including phenoxy) is 1. The molecule has 274 valence electrons. The molecule has 14 heteroatoms. The minimum atomic E-state index is -1.52. The van der Waals surface area contributed by atoms with Gasteiger partial charge in [-0.3, -0.25) is 9.59 Å². The van der Waals surface area contributed by atoms with Crippen LogP contribution in [0.15, 0.2) is 82.3 Å². The van der Waals surface area contributed by atoms with Gasteiger partial charge in [-0.2, -0.15) is 0 Å². The zero-order valence-corrected chi connectivity index (χ0v) is 30.9. The second kappa shape index (κ2) is 16.7. The highest BCUT2D eigenvalue weighted by Gasteiger charge is 2.48. The van der Waals surface area contributed by atoms with Crippen LogP contribution in [-0.4, -0.2) is 69.4 Å². The number of carbonyl (C=O) groups is 2. The minimum absolute atomic E-state index is 0.0683. The predicted octanol–water partition coefficient (Wildman–Crippen LogP) is 6.45. The van der Waals surface area contributed by atoms with E-state index in [1.54, 1.807) is 24.3 Å². The maximum atomic E-state index is 12.9. The number of halogens is 1. The number of hydrogen-bond donors (Lipinski definition) is 6. The molecular formula is C38H41ClN4O7S2. The number of aliphatic hydroxyl groups excluding tert-OH is 1. The zero-order chi connectivity index (χ0) is 36.8. The van der Waals surface area contributed by atoms with E-state index >= 15 is 0 Å². The highest BCUT2D eigenvalue weighted by atomic mass is 35.5. The summed E-state index contributed by atoms with van der Waals surface area (Å²) in [5.74, 6) is -1.23. The lowest BCUT2D eigenvalue weighted by Crippen LogP contribution is -2.44. The first kappa shape index (κ1) is 37.7. The molecule has 5 aromatic rings. The summed E-state index contributed by atoms with van der Waals surface area (Å²) < 4.78 is 6.51. The number of benzene rings is 2. The Bertz CT molecular complexity index is 2010. The molecule has 0 unspecified atom stereocenters. The Hall–Kier alpha value is -4.08. The standard InChI is InChI=1S/C38H41ClN4O7S2/c1-43(24-7-9-25(10-8-24)50-38(37(48)49,32-4-2-18-51-32)33-5-3-19-52-33)17-16-35(47)41-29-13-6-23(20-28(29)39)21-40-22-31(45)26-11-14-30(44)36-27(26)12-15-34(46)42-36/h2-6,11-15,18-20,24-25,31,40,44-45H,7-10,16-17,21-22H2,1H3,(H,41,47)(H,42,46)(H,48,49)/t24-,25-,31-/m0/s1. The van der Waals surface area contributed by atoms with Gasteiger partial charge in [0.15, 0.2) is 0 Å². The number of amides is 1. The smallest absolute Gasteiger partial charge is 0.347 e. The number of carboxylic acid groups (broad SMARTS) is 1. The van der Waals surface area contributed by atoms with Crippen molar-refractivity contribution in [2.24, 2.45) is 0 Å². The molecule has 0 saturated heterocycles. The van der Waals surface area contributed by atoms with Crippen molar-refractivity contribution in [3.63, 3.8) is 0 Å². The lowest BCUT2D eigenvalue weighted by Gasteiger charge is -2.38. The van der Waals surface area contributed by atoms with Gasteiger partial charge in [0.2, 0.25) is 17.1 Å². The third-order valence-corrected chi connectivity index (χ3v) is 11.8. The molecule has 1 amide bonds. The summed E-state index contributed by atoms with van der Waals surface area (Å²) in [5, 5.41) is 42.2. The number of aliphatic carboxylic acids is 1. The highest BCUT2D eigenvalue weighted by molar-refractivity contribution is 7.12. The molecule has 3 heterocycles. The van der Waals surface area contributed by atoms with Crippen LogP contribution in [0.4, 0.5) is 5.69 Å². The quantitative estimate of drug-likeness (QED) is 0.0703. The number of pyridine rings is 1. The van der Waals surface area contributed by atoms with Gasteiger partial charge in [0, 0.05) is 43.5 Å². The van der Waals surface area contributed by atoms with Gasteiger partial charge in [-0.1, -0.05) is 35.9 Å². The number of H-pyrrole nitrogens is 1. The summed E-state index contributed by atoms with van der Waals surface area (Å²) in [6.07, 6.45) is 2.29. The third-order valence-electron chi connectivity index (χ3n) is 9.58. The van der Waals surface area contributed by atoms with E-state index in [1.807, 2.05) is 48.1 Å². The van der Waals surface area contributed by atoms with Gasteiger partial charge < -0.3 is 40.6 Å². The van der Waals surface area contributed by atoms with Crippen LogP contribution in [0.3, 0.4) is 0 Å². The predicted molar refractivity (Wildman–Crippen MR) is 204 cm³/mol. The minimum Gasteiger partial charge on any atom is -0.506 e. The van der Waals surface area contributed by atoms with Crippen molar-refractivity contribution in [2.45, 2.75) is 62.5 Å². The molecule has 52 heavy (non-hydrogen) atoms. The number of anilines is 1. The number of nitrogens with one attached hydrogen (secondary N) is 3. The first-order valence-electron chi connectivity index (χ1n) is 17.1. The number of hydrogen-bond acceptors (Lipinski definition) is 10. The van der Waals surface area contributed by atoms with Gasteiger partial charge in [-0.25, -0.2) is 4.79 Å². The number of nitrogens with zero attached hydrogens (tertiary/aromatic N) is 1. The topological polar surface area (TPSA) is 164 Å². The number of rotatable bonds is 15. The molecule has 6 N–H and O–H groups in total. The number of aromatic amines is 1. The van der Waals surface area contributed by atoms with Crippen LogP contribution >= 0.6 is 34.3 Å². The Morgan fingerprint density at radius 1 is 1.04 bits per heavy atom. The van der Waals surface area contributed by atoms with Crippen LogP contribution in [0.2, 0.25) is 5.02 Å². The first-order chi connectivity index (χ1) is 25.0. The number of aromatic hydroxyl groups is 1. The zero-order valence-electron chi connectivity index (χ0n) is 28.5. The molecule has 11 nitrogen and oxygen atoms in total. The molecule has 6 rings (SSSR count). The second-order valence-corrected chi connectivity index (χ2v) is 15.3. The van der Waals surface area contributed by atoms with E-state index in [1.165, 1.54) is 34.8 Å². The lowest BCUT2D eigenvalue weighted by molar-refractivity contribution is -0.170. The normalized spacial score (nSPS) is 17.0.